The lowest BCUT2D eigenvalue weighted by atomic mass is 10.0. The van der Waals surface area contributed by atoms with E-state index >= 15 is 0 Å². The fourth-order valence-corrected chi connectivity index (χ4v) is 2.86. The molecule has 2 rings (SSSR count). The molecule has 1 N–H and O–H groups in total. The maximum atomic E-state index is 6.19. The fourth-order valence-electron chi connectivity index (χ4n) is 2.67. The van der Waals surface area contributed by atoms with E-state index < -0.39 is 0 Å². The van der Waals surface area contributed by atoms with Gasteiger partial charge in [-0.15, -0.1) is 0 Å². The number of hydrogen-bond acceptors (Lipinski definition) is 3. The van der Waals surface area contributed by atoms with Gasteiger partial charge in [0.15, 0.2) is 0 Å². The highest BCUT2D eigenvalue weighted by molar-refractivity contribution is 6.30. The summed E-state index contributed by atoms with van der Waals surface area (Å²) in [4.78, 5) is 2.39. The SMILES string of the molecule is CN(c1ccc(Cl)cc1CNC(C)(C)C)C1CCOCC1. The molecule has 1 aromatic rings. The lowest BCUT2D eigenvalue weighted by Gasteiger charge is -2.34. The Balaban J connectivity index is 2.17. The van der Waals surface area contributed by atoms with Crippen LogP contribution in [0.3, 0.4) is 0 Å². The number of hydrogen-bond donors (Lipinski definition) is 1. The van der Waals surface area contributed by atoms with Crippen LogP contribution in [0.1, 0.15) is 39.2 Å². The van der Waals surface area contributed by atoms with Crippen LogP contribution in [-0.4, -0.2) is 31.8 Å². The zero-order valence-corrected chi connectivity index (χ0v) is 14.3. The first kappa shape index (κ1) is 16.6. The summed E-state index contributed by atoms with van der Waals surface area (Å²) in [7, 11) is 2.18. The first-order valence-electron chi connectivity index (χ1n) is 7.71. The van der Waals surface area contributed by atoms with E-state index in [2.05, 4.69) is 50.2 Å². The molecule has 1 aliphatic rings. The van der Waals surface area contributed by atoms with E-state index in [1.807, 2.05) is 6.07 Å². The Morgan fingerprint density at radius 3 is 2.57 bits per heavy atom. The standard InChI is InChI=1S/C17H27ClN2O/c1-17(2,3)19-12-13-11-14(18)5-6-16(13)20(4)15-7-9-21-10-8-15/h5-6,11,15,19H,7-10,12H2,1-4H3. The number of ether oxygens (including phenoxy) is 1. The number of halogens is 1. The quantitative estimate of drug-likeness (QED) is 0.914. The summed E-state index contributed by atoms with van der Waals surface area (Å²) >= 11 is 6.19. The molecule has 3 nitrogen and oxygen atoms in total. The largest absolute Gasteiger partial charge is 0.381 e. The zero-order chi connectivity index (χ0) is 15.5. The minimum atomic E-state index is 0.0941. The molecule has 0 radical (unpaired) electrons. The van der Waals surface area contributed by atoms with Gasteiger partial charge in [0, 0.05) is 49.1 Å². The van der Waals surface area contributed by atoms with Crippen LogP contribution in [0, 0.1) is 0 Å². The Hall–Kier alpha value is -0.770. The van der Waals surface area contributed by atoms with Crippen molar-refractivity contribution in [3.05, 3.63) is 28.8 Å². The van der Waals surface area contributed by atoms with Gasteiger partial charge in [0.2, 0.25) is 0 Å². The maximum absolute atomic E-state index is 6.19. The molecule has 1 aromatic carbocycles. The third-order valence-electron chi connectivity index (χ3n) is 3.97. The van der Waals surface area contributed by atoms with Crippen molar-refractivity contribution in [2.45, 2.75) is 51.7 Å². The molecule has 21 heavy (non-hydrogen) atoms. The van der Waals surface area contributed by atoms with Crippen molar-refractivity contribution < 1.29 is 4.74 Å². The molecular formula is C17H27ClN2O. The van der Waals surface area contributed by atoms with E-state index in [4.69, 9.17) is 16.3 Å². The molecule has 0 spiro atoms. The number of rotatable bonds is 4. The van der Waals surface area contributed by atoms with Gasteiger partial charge in [-0.3, -0.25) is 0 Å². The summed E-state index contributed by atoms with van der Waals surface area (Å²) in [6.45, 7) is 9.08. The van der Waals surface area contributed by atoms with Gasteiger partial charge in [-0.2, -0.15) is 0 Å². The molecule has 4 heteroatoms. The van der Waals surface area contributed by atoms with Gasteiger partial charge in [-0.1, -0.05) is 11.6 Å². The molecule has 1 fully saturated rings. The van der Waals surface area contributed by atoms with E-state index in [-0.39, 0.29) is 5.54 Å². The molecule has 0 atom stereocenters. The Labute approximate surface area is 133 Å². The van der Waals surface area contributed by atoms with Gasteiger partial charge >= 0.3 is 0 Å². The summed E-state index contributed by atoms with van der Waals surface area (Å²) in [5.74, 6) is 0. The molecule has 118 valence electrons. The van der Waals surface area contributed by atoms with Crippen molar-refractivity contribution in [3.8, 4) is 0 Å². The van der Waals surface area contributed by atoms with Crippen molar-refractivity contribution in [1.29, 1.82) is 0 Å². The van der Waals surface area contributed by atoms with Crippen LogP contribution in [-0.2, 0) is 11.3 Å². The lowest BCUT2D eigenvalue weighted by molar-refractivity contribution is 0.0854. The number of nitrogens with zero attached hydrogens (tertiary/aromatic N) is 1. The molecule has 0 aromatic heterocycles. The van der Waals surface area contributed by atoms with E-state index in [9.17, 15) is 0 Å². The molecular weight excluding hydrogens is 284 g/mol. The Morgan fingerprint density at radius 2 is 1.95 bits per heavy atom. The van der Waals surface area contributed by atoms with Crippen LogP contribution in [0.25, 0.3) is 0 Å². The van der Waals surface area contributed by atoms with Crippen LogP contribution in [0.15, 0.2) is 18.2 Å². The normalized spacial score (nSPS) is 17.0. The maximum Gasteiger partial charge on any atom is 0.0485 e. The molecule has 0 unspecified atom stereocenters. The predicted octanol–water partition coefficient (Wildman–Crippen LogP) is 3.84. The van der Waals surface area contributed by atoms with Crippen LogP contribution >= 0.6 is 11.6 Å². The van der Waals surface area contributed by atoms with Gasteiger partial charge < -0.3 is 15.0 Å². The average molecular weight is 311 g/mol. The number of nitrogens with one attached hydrogen (secondary N) is 1. The van der Waals surface area contributed by atoms with Gasteiger partial charge in [-0.25, -0.2) is 0 Å². The van der Waals surface area contributed by atoms with Crippen molar-refractivity contribution in [3.63, 3.8) is 0 Å². The highest BCUT2D eigenvalue weighted by Gasteiger charge is 2.21. The predicted molar refractivity (Wildman–Crippen MR) is 90.3 cm³/mol. The second kappa shape index (κ2) is 6.99. The van der Waals surface area contributed by atoms with E-state index in [0.29, 0.717) is 6.04 Å². The Kier molecular flexibility index (Phi) is 5.53. The Morgan fingerprint density at radius 1 is 1.29 bits per heavy atom. The Bertz CT molecular complexity index is 464. The van der Waals surface area contributed by atoms with Crippen molar-refractivity contribution in [2.75, 3.05) is 25.2 Å². The zero-order valence-electron chi connectivity index (χ0n) is 13.6. The minimum Gasteiger partial charge on any atom is -0.381 e. The van der Waals surface area contributed by atoms with Gasteiger partial charge in [0.25, 0.3) is 0 Å². The number of anilines is 1. The molecule has 1 saturated heterocycles. The lowest BCUT2D eigenvalue weighted by Crippen LogP contribution is -2.38. The minimum absolute atomic E-state index is 0.0941. The summed E-state index contributed by atoms with van der Waals surface area (Å²) < 4.78 is 5.47. The summed E-state index contributed by atoms with van der Waals surface area (Å²) in [5, 5.41) is 4.35. The second-order valence-corrected chi connectivity index (χ2v) is 7.27. The number of benzene rings is 1. The molecule has 1 heterocycles. The summed E-state index contributed by atoms with van der Waals surface area (Å²) in [5.41, 5.74) is 2.62. The van der Waals surface area contributed by atoms with Gasteiger partial charge in [0.1, 0.15) is 0 Å². The highest BCUT2D eigenvalue weighted by Crippen LogP contribution is 2.28. The van der Waals surface area contributed by atoms with Crippen molar-refractivity contribution in [1.82, 2.24) is 5.32 Å². The summed E-state index contributed by atoms with van der Waals surface area (Å²) in [6, 6.07) is 6.74. The molecule has 0 aliphatic carbocycles. The molecule has 0 saturated carbocycles. The third-order valence-corrected chi connectivity index (χ3v) is 4.20. The first-order valence-corrected chi connectivity index (χ1v) is 8.08. The topological polar surface area (TPSA) is 24.5 Å². The molecule has 1 aliphatic heterocycles. The van der Waals surface area contributed by atoms with Gasteiger partial charge in [-0.05, 0) is 57.4 Å². The summed E-state index contributed by atoms with van der Waals surface area (Å²) in [6.07, 6.45) is 2.18. The van der Waals surface area contributed by atoms with E-state index in [1.54, 1.807) is 0 Å². The van der Waals surface area contributed by atoms with E-state index in [0.717, 1.165) is 37.6 Å². The molecule has 0 amide bonds. The van der Waals surface area contributed by atoms with Crippen LogP contribution in [0.4, 0.5) is 5.69 Å². The van der Waals surface area contributed by atoms with Gasteiger partial charge in [0.05, 0.1) is 0 Å². The van der Waals surface area contributed by atoms with Crippen LogP contribution < -0.4 is 10.2 Å². The third kappa shape index (κ3) is 4.87. The monoisotopic (exact) mass is 310 g/mol. The van der Waals surface area contributed by atoms with Crippen molar-refractivity contribution >= 4 is 17.3 Å². The second-order valence-electron chi connectivity index (χ2n) is 6.83. The molecule has 0 bridgehead atoms. The first-order chi connectivity index (χ1) is 9.87. The van der Waals surface area contributed by atoms with Crippen LogP contribution in [0.2, 0.25) is 5.02 Å². The highest BCUT2D eigenvalue weighted by atomic mass is 35.5. The average Bonchev–Trinajstić information content (AvgIpc) is 2.45. The van der Waals surface area contributed by atoms with E-state index in [1.165, 1.54) is 11.3 Å². The van der Waals surface area contributed by atoms with Crippen LogP contribution in [0.5, 0.6) is 0 Å². The fraction of sp³-hybridized carbons (Fsp3) is 0.647. The van der Waals surface area contributed by atoms with Crippen molar-refractivity contribution in [2.24, 2.45) is 0 Å². The smallest absolute Gasteiger partial charge is 0.0485 e.